The largest absolute Gasteiger partial charge is 0.373 e. The van der Waals surface area contributed by atoms with Crippen LogP contribution in [-0.4, -0.2) is 36.1 Å². The molecule has 0 spiro atoms. The van der Waals surface area contributed by atoms with Crippen molar-refractivity contribution in [2.45, 2.75) is 12.5 Å². The van der Waals surface area contributed by atoms with Crippen molar-refractivity contribution in [3.63, 3.8) is 0 Å². The summed E-state index contributed by atoms with van der Waals surface area (Å²) in [5.74, 6) is 1.80. The number of nitrogens with zero attached hydrogens (tertiary/aromatic N) is 3. The Balaban J connectivity index is 2.15. The Morgan fingerprint density at radius 2 is 2.43 bits per heavy atom. The average molecular weight is 193 g/mol. The highest BCUT2D eigenvalue weighted by Crippen LogP contribution is 2.18. The van der Waals surface area contributed by atoms with Gasteiger partial charge in [-0.15, -0.1) is 0 Å². The summed E-state index contributed by atoms with van der Waals surface area (Å²) in [5, 5.41) is 2.99. The smallest absolute Gasteiger partial charge is 0.134 e. The summed E-state index contributed by atoms with van der Waals surface area (Å²) in [5.41, 5.74) is 5.83. The van der Waals surface area contributed by atoms with E-state index in [0.717, 1.165) is 31.1 Å². The lowest BCUT2D eigenvalue weighted by molar-refractivity contribution is 0.751. The molecule has 0 saturated carbocycles. The number of nitrogens with one attached hydrogen (secondary N) is 1. The Morgan fingerprint density at radius 3 is 3.07 bits per heavy atom. The number of rotatable bonds is 2. The van der Waals surface area contributed by atoms with Gasteiger partial charge in [-0.05, 0) is 6.42 Å². The van der Waals surface area contributed by atoms with Crippen LogP contribution in [0.5, 0.6) is 0 Å². The van der Waals surface area contributed by atoms with E-state index in [0.29, 0.717) is 0 Å². The van der Waals surface area contributed by atoms with E-state index in [1.54, 1.807) is 6.33 Å². The van der Waals surface area contributed by atoms with E-state index in [1.807, 2.05) is 13.1 Å². The summed E-state index contributed by atoms with van der Waals surface area (Å²) >= 11 is 0. The van der Waals surface area contributed by atoms with E-state index in [2.05, 4.69) is 20.2 Å². The standard InChI is InChI=1S/C9H15N5/c1-11-8-4-9(13-6-12-8)14-3-2-7(10)5-14/h4,6-7H,2-3,5,10H2,1H3,(H,11,12,13). The zero-order chi connectivity index (χ0) is 9.97. The summed E-state index contributed by atoms with van der Waals surface area (Å²) in [6.45, 7) is 1.88. The number of hydrogen-bond acceptors (Lipinski definition) is 5. The first-order chi connectivity index (χ1) is 6.79. The van der Waals surface area contributed by atoms with Crippen LogP contribution in [-0.2, 0) is 0 Å². The molecule has 1 unspecified atom stereocenters. The van der Waals surface area contributed by atoms with E-state index < -0.39 is 0 Å². The van der Waals surface area contributed by atoms with E-state index in [4.69, 9.17) is 5.73 Å². The van der Waals surface area contributed by atoms with Gasteiger partial charge in [0.05, 0.1) is 0 Å². The Bertz CT molecular complexity index is 314. The van der Waals surface area contributed by atoms with Gasteiger partial charge in [-0.3, -0.25) is 0 Å². The van der Waals surface area contributed by atoms with E-state index in [-0.39, 0.29) is 6.04 Å². The minimum Gasteiger partial charge on any atom is -0.373 e. The molecule has 1 atom stereocenters. The van der Waals surface area contributed by atoms with Gasteiger partial charge in [0.25, 0.3) is 0 Å². The summed E-state index contributed by atoms with van der Waals surface area (Å²) in [6.07, 6.45) is 2.61. The van der Waals surface area contributed by atoms with Gasteiger partial charge in [0.15, 0.2) is 0 Å². The molecule has 1 fully saturated rings. The maximum atomic E-state index is 5.83. The van der Waals surface area contributed by atoms with E-state index in [1.165, 1.54) is 0 Å². The van der Waals surface area contributed by atoms with Crippen molar-refractivity contribution < 1.29 is 0 Å². The molecule has 2 heterocycles. The zero-order valence-corrected chi connectivity index (χ0v) is 8.27. The quantitative estimate of drug-likeness (QED) is 0.695. The van der Waals surface area contributed by atoms with E-state index >= 15 is 0 Å². The van der Waals surface area contributed by atoms with Gasteiger partial charge in [0, 0.05) is 32.2 Å². The number of aromatic nitrogens is 2. The number of anilines is 2. The van der Waals surface area contributed by atoms with Gasteiger partial charge in [0.1, 0.15) is 18.0 Å². The van der Waals surface area contributed by atoms with Gasteiger partial charge in [-0.25, -0.2) is 9.97 Å². The van der Waals surface area contributed by atoms with Crippen molar-refractivity contribution in [3.05, 3.63) is 12.4 Å². The Kier molecular flexibility index (Phi) is 2.49. The summed E-state index contributed by atoms with van der Waals surface area (Å²) in [7, 11) is 1.85. The van der Waals surface area contributed by atoms with Gasteiger partial charge in [0.2, 0.25) is 0 Å². The van der Waals surface area contributed by atoms with Crippen LogP contribution >= 0.6 is 0 Å². The lowest BCUT2D eigenvalue weighted by Gasteiger charge is -2.16. The van der Waals surface area contributed by atoms with Crippen LogP contribution < -0.4 is 16.0 Å². The molecule has 3 N–H and O–H groups in total. The Labute approximate surface area is 83.3 Å². The minimum atomic E-state index is 0.281. The number of hydrogen-bond donors (Lipinski definition) is 2. The van der Waals surface area contributed by atoms with Crippen molar-refractivity contribution >= 4 is 11.6 Å². The first kappa shape index (κ1) is 9.21. The monoisotopic (exact) mass is 193 g/mol. The summed E-state index contributed by atoms with van der Waals surface area (Å²) in [6, 6.07) is 2.22. The Morgan fingerprint density at radius 1 is 1.57 bits per heavy atom. The molecule has 14 heavy (non-hydrogen) atoms. The highest BCUT2D eigenvalue weighted by atomic mass is 15.2. The first-order valence-corrected chi connectivity index (χ1v) is 4.80. The maximum absolute atomic E-state index is 5.83. The molecule has 1 aromatic heterocycles. The predicted octanol–water partition coefficient (Wildman–Crippen LogP) is 0.0557. The second kappa shape index (κ2) is 3.79. The van der Waals surface area contributed by atoms with Crippen LogP contribution in [0.1, 0.15) is 6.42 Å². The van der Waals surface area contributed by atoms with Crippen LogP contribution in [0.4, 0.5) is 11.6 Å². The molecule has 0 amide bonds. The molecule has 0 aliphatic carbocycles. The summed E-state index contributed by atoms with van der Waals surface area (Å²) < 4.78 is 0. The third-order valence-corrected chi connectivity index (χ3v) is 2.46. The highest BCUT2D eigenvalue weighted by molar-refractivity contribution is 5.48. The zero-order valence-electron chi connectivity index (χ0n) is 8.27. The second-order valence-corrected chi connectivity index (χ2v) is 3.51. The SMILES string of the molecule is CNc1cc(N2CCC(N)C2)ncn1. The fourth-order valence-corrected chi connectivity index (χ4v) is 1.65. The fourth-order valence-electron chi connectivity index (χ4n) is 1.65. The molecule has 1 aromatic rings. The van der Waals surface area contributed by atoms with Crippen LogP contribution in [0.2, 0.25) is 0 Å². The lowest BCUT2D eigenvalue weighted by Crippen LogP contribution is -2.26. The van der Waals surface area contributed by atoms with Crippen LogP contribution in [0, 0.1) is 0 Å². The van der Waals surface area contributed by atoms with Crippen molar-refractivity contribution in [3.8, 4) is 0 Å². The third-order valence-electron chi connectivity index (χ3n) is 2.46. The molecule has 5 heteroatoms. The third kappa shape index (κ3) is 1.77. The van der Waals surface area contributed by atoms with Crippen LogP contribution in [0.3, 0.4) is 0 Å². The normalized spacial score (nSPS) is 21.3. The molecule has 2 rings (SSSR count). The minimum absolute atomic E-state index is 0.281. The molecule has 5 nitrogen and oxygen atoms in total. The van der Waals surface area contributed by atoms with E-state index in [9.17, 15) is 0 Å². The maximum Gasteiger partial charge on any atom is 0.134 e. The molecule has 0 bridgehead atoms. The first-order valence-electron chi connectivity index (χ1n) is 4.80. The van der Waals surface area contributed by atoms with Gasteiger partial charge >= 0.3 is 0 Å². The molecule has 0 radical (unpaired) electrons. The highest BCUT2D eigenvalue weighted by Gasteiger charge is 2.20. The van der Waals surface area contributed by atoms with Crippen LogP contribution in [0.15, 0.2) is 12.4 Å². The molecule has 1 aliphatic heterocycles. The second-order valence-electron chi connectivity index (χ2n) is 3.51. The summed E-state index contributed by atoms with van der Waals surface area (Å²) in [4.78, 5) is 10.5. The average Bonchev–Trinajstić information content (AvgIpc) is 2.65. The Hall–Kier alpha value is -1.36. The van der Waals surface area contributed by atoms with Crippen molar-refractivity contribution in [1.29, 1.82) is 0 Å². The predicted molar refractivity (Wildman–Crippen MR) is 56.4 cm³/mol. The molecule has 1 saturated heterocycles. The van der Waals surface area contributed by atoms with Crippen molar-refractivity contribution in [1.82, 2.24) is 9.97 Å². The van der Waals surface area contributed by atoms with Crippen molar-refractivity contribution in [2.75, 3.05) is 30.4 Å². The molecule has 0 aromatic carbocycles. The molecule has 1 aliphatic rings. The van der Waals surface area contributed by atoms with Gasteiger partial charge in [-0.1, -0.05) is 0 Å². The lowest BCUT2D eigenvalue weighted by atomic mass is 10.3. The molecular formula is C9H15N5. The topological polar surface area (TPSA) is 67.1 Å². The molecule has 76 valence electrons. The van der Waals surface area contributed by atoms with Crippen LogP contribution in [0.25, 0.3) is 0 Å². The number of nitrogens with two attached hydrogens (primary N) is 1. The molecular weight excluding hydrogens is 178 g/mol. The van der Waals surface area contributed by atoms with Gasteiger partial charge < -0.3 is 16.0 Å². The van der Waals surface area contributed by atoms with Gasteiger partial charge in [-0.2, -0.15) is 0 Å². The van der Waals surface area contributed by atoms with Crippen molar-refractivity contribution in [2.24, 2.45) is 5.73 Å². The fraction of sp³-hybridized carbons (Fsp3) is 0.556.